The fraction of sp³-hybridized carbons (Fsp3) is 0.267. The van der Waals surface area contributed by atoms with Crippen LogP contribution in [0, 0.1) is 0 Å². The summed E-state index contributed by atoms with van der Waals surface area (Å²) in [5.41, 5.74) is 3.33. The molecule has 3 heteroatoms. The van der Waals surface area contributed by atoms with Gasteiger partial charge < -0.3 is 10.1 Å². The highest BCUT2D eigenvalue weighted by Crippen LogP contribution is 2.35. The highest BCUT2D eigenvalue weighted by Gasteiger charge is 2.16. The van der Waals surface area contributed by atoms with Crippen molar-refractivity contribution in [2.45, 2.75) is 12.8 Å². The van der Waals surface area contributed by atoms with Crippen LogP contribution in [-0.2, 0) is 6.42 Å². The van der Waals surface area contributed by atoms with Crippen LogP contribution < -0.4 is 10.1 Å². The number of benzene rings is 1. The first-order chi connectivity index (χ1) is 8.88. The van der Waals surface area contributed by atoms with Gasteiger partial charge in [-0.3, -0.25) is 0 Å². The highest BCUT2D eigenvalue weighted by atomic mass is 16.5. The van der Waals surface area contributed by atoms with Crippen LogP contribution in [0.4, 0.5) is 5.82 Å². The number of aromatic nitrogens is 1. The van der Waals surface area contributed by atoms with Gasteiger partial charge in [0.05, 0.1) is 12.3 Å². The fourth-order valence-electron chi connectivity index (χ4n) is 2.31. The lowest BCUT2D eigenvalue weighted by atomic mass is 10.0. The van der Waals surface area contributed by atoms with E-state index in [0.29, 0.717) is 0 Å². The van der Waals surface area contributed by atoms with Gasteiger partial charge in [-0.2, -0.15) is 0 Å². The van der Waals surface area contributed by atoms with Gasteiger partial charge in [-0.25, -0.2) is 4.98 Å². The van der Waals surface area contributed by atoms with Crippen molar-refractivity contribution in [3.05, 3.63) is 42.0 Å². The van der Waals surface area contributed by atoms with Crippen molar-refractivity contribution >= 4 is 5.82 Å². The lowest BCUT2D eigenvalue weighted by Gasteiger charge is -2.20. The quantitative estimate of drug-likeness (QED) is 0.875. The Bertz CT molecular complexity index is 566. The maximum Gasteiger partial charge on any atom is 0.131 e. The Kier molecular flexibility index (Phi) is 2.89. The molecule has 3 nitrogen and oxygen atoms in total. The van der Waals surface area contributed by atoms with Crippen molar-refractivity contribution in [2.75, 3.05) is 19.0 Å². The van der Waals surface area contributed by atoms with Crippen molar-refractivity contribution in [2.24, 2.45) is 0 Å². The summed E-state index contributed by atoms with van der Waals surface area (Å²) in [5.74, 6) is 1.88. The van der Waals surface area contributed by atoms with Crippen LogP contribution in [0.5, 0.6) is 5.75 Å². The van der Waals surface area contributed by atoms with E-state index < -0.39 is 0 Å². The number of ether oxygens (including phenoxy) is 1. The van der Waals surface area contributed by atoms with Crippen LogP contribution in [0.15, 0.2) is 36.4 Å². The van der Waals surface area contributed by atoms with Crippen LogP contribution in [-0.4, -0.2) is 18.6 Å². The molecule has 0 saturated carbocycles. The Morgan fingerprint density at radius 3 is 2.94 bits per heavy atom. The summed E-state index contributed by atoms with van der Waals surface area (Å²) in [6.07, 6.45) is 2.19. The molecule has 1 aromatic carbocycles. The Balaban J connectivity index is 2.10. The average molecular weight is 240 g/mol. The second-order valence-electron chi connectivity index (χ2n) is 4.40. The molecular formula is C15H16N2O. The first kappa shape index (κ1) is 11.1. The Morgan fingerprint density at radius 2 is 2.06 bits per heavy atom. The van der Waals surface area contributed by atoms with Crippen LogP contribution in [0.1, 0.15) is 12.0 Å². The molecule has 1 aliphatic heterocycles. The van der Waals surface area contributed by atoms with E-state index in [9.17, 15) is 0 Å². The van der Waals surface area contributed by atoms with Gasteiger partial charge in [0, 0.05) is 12.6 Å². The molecule has 92 valence electrons. The molecule has 0 amide bonds. The van der Waals surface area contributed by atoms with E-state index in [1.165, 1.54) is 5.56 Å². The Morgan fingerprint density at radius 1 is 1.17 bits per heavy atom. The summed E-state index contributed by atoms with van der Waals surface area (Å²) in [6, 6.07) is 12.3. The zero-order valence-electron chi connectivity index (χ0n) is 10.4. The largest absolute Gasteiger partial charge is 0.493 e. The predicted octanol–water partition coefficient (Wildman–Crippen LogP) is 3.12. The van der Waals surface area contributed by atoms with Crippen molar-refractivity contribution < 1.29 is 4.74 Å². The third kappa shape index (κ3) is 1.92. The van der Waals surface area contributed by atoms with Crippen molar-refractivity contribution in [3.8, 4) is 17.0 Å². The zero-order chi connectivity index (χ0) is 12.4. The molecule has 0 spiro atoms. The second-order valence-corrected chi connectivity index (χ2v) is 4.40. The van der Waals surface area contributed by atoms with Crippen LogP contribution in [0.2, 0.25) is 0 Å². The van der Waals surface area contributed by atoms with Gasteiger partial charge >= 0.3 is 0 Å². The first-order valence-electron chi connectivity index (χ1n) is 6.28. The minimum Gasteiger partial charge on any atom is -0.493 e. The third-order valence-electron chi connectivity index (χ3n) is 3.21. The van der Waals surface area contributed by atoms with Gasteiger partial charge in [-0.05, 0) is 36.6 Å². The minimum absolute atomic E-state index is 0.801. The second kappa shape index (κ2) is 4.69. The molecule has 0 aliphatic carbocycles. The molecule has 0 bridgehead atoms. The van der Waals surface area contributed by atoms with E-state index >= 15 is 0 Å². The monoisotopic (exact) mass is 240 g/mol. The smallest absolute Gasteiger partial charge is 0.131 e. The minimum atomic E-state index is 0.801. The predicted molar refractivity (Wildman–Crippen MR) is 73.0 cm³/mol. The van der Waals surface area contributed by atoms with E-state index in [4.69, 9.17) is 4.74 Å². The van der Waals surface area contributed by atoms with Gasteiger partial charge in [0.25, 0.3) is 0 Å². The third-order valence-corrected chi connectivity index (χ3v) is 3.21. The zero-order valence-corrected chi connectivity index (χ0v) is 10.4. The summed E-state index contributed by atoms with van der Waals surface area (Å²) in [7, 11) is 1.88. The Labute approximate surface area is 107 Å². The van der Waals surface area contributed by atoms with E-state index in [1.807, 2.05) is 25.2 Å². The summed E-state index contributed by atoms with van der Waals surface area (Å²) in [5, 5.41) is 3.07. The van der Waals surface area contributed by atoms with Crippen LogP contribution >= 0.6 is 0 Å². The number of para-hydroxylation sites is 1. The van der Waals surface area contributed by atoms with Crippen LogP contribution in [0.25, 0.3) is 11.3 Å². The maximum atomic E-state index is 5.82. The summed E-state index contributed by atoms with van der Waals surface area (Å²) in [6.45, 7) is 0.801. The van der Waals surface area contributed by atoms with Crippen molar-refractivity contribution in [3.63, 3.8) is 0 Å². The van der Waals surface area contributed by atoms with Gasteiger partial charge in [-0.1, -0.05) is 18.2 Å². The molecular weight excluding hydrogens is 224 g/mol. The lowest BCUT2D eigenvalue weighted by Crippen LogP contribution is -2.09. The Hall–Kier alpha value is -2.03. The number of fused-ring (bicyclic) bond motifs is 1. The number of pyridine rings is 1. The molecule has 1 N–H and O–H groups in total. The number of hydrogen-bond acceptors (Lipinski definition) is 3. The SMILES string of the molecule is CNc1cccc(-c2cccc3c2OCCC3)n1. The lowest BCUT2D eigenvalue weighted by molar-refractivity contribution is 0.289. The average Bonchev–Trinajstić information content (AvgIpc) is 2.47. The molecule has 0 fully saturated rings. The molecule has 1 aliphatic rings. The van der Waals surface area contributed by atoms with E-state index in [2.05, 4.69) is 28.5 Å². The topological polar surface area (TPSA) is 34.1 Å². The molecule has 18 heavy (non-hydrogen) atoms. The van der Waals surface area contributed by atoms with Gasteiger partial charge in [-0.15, -0.1) is 0 Å². The summed E-state index contributed by atoms with van der Waals surface area (Å²) < 4.78 is 5.82. The number of hydrogen-bond donors (Lipinski definition) is 1. The molecule has 0 radical (unpaired) electrons. The number of nitrogens with one attached hydrogen (secondary N) is 1. The van der Waals surface area contributed by atoms with Gasteiger partial charge in [0.15, 0.2) is 0 Å². The molecule has 3 rings (SSSR count). The van der Waals surface area contributed by atoms with Crippen molar-refractivity contribution in [1.29, 1.82) is 0 Å². The van der Waals surface area contributed by atoms with E-state index in [0.717, 1.165) is 42.3 Å². The van der Waals surface area contributed by atoms with E-state index in [-0.39, 0.29) is 0 Å². The molecule has 1 aromatic heterocycles. The molecule has 0 atom stereocenters. The van der Waals surface area contributed by atoms with Crippen molar-refractivity contribution in [1.82, 2.24) is 4.98 Å². The fourth-order valence-corrected chi connectivity index (χ4v) is 2.31. The number of aryl methyl sites for hydroxylation is 1. The molecule has 2 aromatic rings. The highest BCUT2D eigenvalue weighted by molar-refractivity contribution is 5.70. The number of rotatable bonds is 2. The summed E-state index contributed by atoms with van der Waals surface area (Å²) in [4.78, 5) is 4.58. The van der Waals surface area contributed by atoms with Crippen LogP contribution in [0.3, 0.4) is 0 Å². The standard InChI is InChI=1S/C15H16N2O/c1-16-14-9-3-8-13(17-14)12-7-2-5-11-6-4-10-18-15(11)12/h2-3,5,7-9H,4,6,10H2,1H3,(H,16,17). The molecule has 0 unspecified atom stereocenters. The maximum absolute atomic E-state index is 5.82. The van der Waals surface area contributed by atoms with Gasteiger partial charge in [0.1, 0.15) is 11.6 Å². The normalized spacial score (nSPS) is 13.6. The van der Waals surface area contributed by atoms with Gasteiger partial charge in [0.2, 0.25) is 0 Å². The van der Waals surface area contributed by atoms with E-state index in [1.54, 1.807) is 0 Å². The number of nitrogens with zero attached hydrogens (tertiary/aromatic N) is 1. The first-order valence-corrected chi connectivity index (χ1v) is 6.28. The number of anilines is 1. The molecule has 2 heterocycles. The molecule has 0 saturated heterocycles. The summed E-state index contributed by atoms with van der Waals surface area (Å²) >= 11 is 0.